The number of hydrogen-bond donors (Lipinski definition) is 2. The highest BCUT2D eigenvalue weighted by Gasteiger charge is 2.26. The van der Waals surface area contributed by atoms with Gasteiger partial charge in [-0.05, 0) is 61.6 Å². The number of H-pyrrole nitrogens is 1. The third kappa shape index (κ3) is 5.03. The number of aromatic amines is 1. The van der Waals surface area contributed by atoms with E-state index in [-0.39, 0.29) is 29.3 Å². The summed E-state index contributed by atoms with van der Waals surface area (Å²) in [5.41, 5.74) is 1.77. The first kappa shape index (κ1) is 22.3. The van der Waals surface area contributed by atoms with E-state index >= 15 is 0 Å². The molecule has 1 aromatic heterocycles. The Bertz CT molecular complexity index is 1270. The van der Waals surface area contributed by atoms with Crippen molar-refractivity contribution >= 4 is 15.7 Å². The molecule has 164 valence electrons. The van der Waals surface area contributed by atoms with Crippen LogP contribution < -0.4 is 10.5 Å². The Hall–Kier alpha value is -3.38. The second-order valence-corrected chi connectivity index (χ2v) is 8.60. The number of aromatic nitrogens is 2. The SMILES string of the molecule is Cc1ccc(F)c(CC[C@H](NS(=O)(=O)c2ccc([N+](=O)[O-])cc2)c2n[nH]c(=O)o2)c1C. The number of non-ortho nitro benzene ring substituents is 1. The second kappa shape index (κ2) is 8.78. The van der Waals surface area contributed by atoms with Gasteiger partial charge in [-0.25, -0.2) is 22.7 Å². The van der Waals surface area contributed by atoms with E-state index in [1.54, 1.807) is 13.0 Å². The van der Waals surface area contributed by atoms with Gasteiger partial charge in [-0.2, -0.15) is 4.72 Å². The van der Waals surface area contributed by atoms with Crippen molar-refractivity contribution < 1.29 is 22.1 Å². The molecule has 0 saturated heterocycles. The topological polar surface area (TPSA) is 148 Å². The molecule has 3 rings (SSSR count). The van der Waals surface area contributed by atoms with E-state index in [9.17, 15) is 27.7 Å². The molecular weight excluding hydrogens is 431 g/mol. The fraction of sp³-hybridized carbons (Fsp3) is 0.263. The molecule has 0 saturated carbocycles. The molecule has 0 aliphatic heterocycles. The highest BCUT2D eigenvalue weighted by molar-refractivity contribution is 7.89. The van der Waals surface area contributed by atoms with Crippen LogP contribution in [0.3, 0.4) is 0 Å². The summed E-state index contributed by atoms with van der Waals surface area (Å²) in [7, 11) is -4.16. The van der Waals surface area contributed by atoms with Gasteiger partial charge in [-0.1, -0.05) is 6.07 Å². The summed E-state index contributed by atoms with van der Waals surface area (Å²) in [6, 6.07) is 6.19. The quantitative estimate of drug-likeness (QED) is 0.396. The fourth-order valence-corrected chi connectivity index (χ4v) is 4.29. The number of nitrogens with zero attached hydrogens (tertiary/aromatic N) is 2. The third-order valence-electron chi connectivity index (χ3n) is 4.90. The molecule has 31 heavy (non-hydrogen) atoms. The number of rotatable bonds is 8. The third-order valence-corrected chi connectivity index (χ3v) is 6.39. The van der Waals surface area contributed by atoms with Crippen LogP contribution in [0, 0.1) is 29.8 Å². The first-order valence-corrected chi connectivity index (χ1v) is 10.6. The van der Waals surface area contributed by atoms with E-state index in [0.29, 0.717) is 5.56 Å². The molecular formula is C19H19FN4O6S. The van der Waals surface area contributed by atoms with Crippen molar-refractivity contribution in [1.82, 2.24) is 14.9 Å². The Labute approximate surface area is 176 Å². The summed E-state index contributed by atoms with van der Waals surface area (Å²) in [5, 5.41) is 16.5. The van der Waals surface area contributed by atoms with Crippen LogP contribution in [-0.4, -0.2) is 23.5 Å². The van der Waals surface area contributed by atoms with Crippen molar-refractivity contribution in [3.63, 3.8) is 0 Å². The first-order valence-electron chi connectivity index (χ1n) is 9.15. The molecule has 0 spiro atoms. The summed E-state index contributed by atoms with van der Waals surface area (Å²) < 4.78 is 47.2. The van der Waals surface area contributed by atoms with Crippen LogP contribution in [0.2, 0.25) is 0 Å². The second-order valence-electron chi connectivity index (χ2n) is 6.88. The number of benzene rings is 2. The molecule has 10 nitrogen and oxygen atoms in total. The van der Waals surface area contributed by atoms with Crippen molar-refractivity contribution in [2.75, 3.05) is 0 Å². The van der Waals surface area contributed by atoms with Crippen molar-refractivity contribution in [3.8, 4) is 0 Å². The van der Waals surface area contributed by atoms with Gasteiger partial charge in [0.2, 0.25) is 15.9 Å². The lowest BCUT2D eigenvalue weighted by atomic mass is 9.97. The molecule has 3 aromatic rings. The van der Waals surface area contributed by atoms with Crippen LogP contribution in [0.1, 0.15) is 35.0 Å². The van der Waals surface area contributed by atoms with E-state index in [0.717, 1.165) is 35.4 Å². The van der Waals surface area contributed by atoms with E-state index in [2.05, 4.69) is 14.9 Å². The lowest BCUT2D eigenvalue weighted by Gasteiger charge is -2.17. The predicted octanol–water partition coefficient (Wildman–Crippen LogP) is 2.68. The molecule has 0 bridgehead atoms. The molecule has 12 heteroatoms. The van der Waals surface area contributed by atoms with E-state index < -0.39 is 32.6 Å². The van der Waals surface area contributed by atoms with Crippen LogP contribution in [-0.2, 0) is 16.4 Å². The molecule has 1 atom stereocenters. The van der Waals surface area contributed by atoms with Crippen LogP contribution >= 0.6 is 0 Å². The van der Waals surface area contributed by atoms with Gasteiger partial charge >= 0.3 is 5.76 Å². The number of sulfonamides is 1. The van der Waals surface area contributed by atoms with Gasteiger partial charge in [0.05, 0.1) is 9.82 Å². The maximum absolute atomic E-state index is 14.3. The molecule has 0 aliphatic carbocycles. The van der Waals surface area contributed by atoms with Gasteiger partial charge in [0.15, 0.2) is 0 Å². The Balaban J connectivity index is 1.89. The minimum Gasteiger partial charge on any atom is -0.391 e. The number of nitro groups is 1. The molecule has 0 unspecified atom stereocenters. The van der Waals surface area contributed by atoms with Gasteiger partial charge < -0.3 is 4.42 Å². The molecule has 0 fully saturated rings. The van der Waals surface area contributed by atoms with Crippen molar-refractivity contribution in [1.29, 1.82) is 0 Å². The minimum atomic E-state index is -4.16. The Morgan fingerprint density at radius 3 is 2.48 bits per heavy atom. The summed E-state index contributed by atoms with van der Waals surface area (Å²) in [6.07, 6.45) is 0.185. The monoisotopic (exact) mass is 450 g/mol. The van der Waals surface area contributed by atoms with Crippen molar-refractivity contribution in [3.05, 3.63) is 85.5 Å². The van der Waals surface area contributed by atoms with Gasteiger partial charge in [-0.15, -0.1) is 5.10 Å². The number of halogens is 1. The summed E-state index contributed by atoms with van der Waals surface area (Å²) >= 11 is 0. The standard InChI is InChI=1S/C19H19FN4O6S/c1-11-3-9-16(20)15(12(11)2)8-10-17(18-21-22-19(25)30-18)23-31(28,29)14-6-4-13(5-7-14)24(26)27/h3-7,9,17,23H,8,10H2,1-2H3,(H,22,25)/t17-/m0/s1. The Morgan fingerprint density at radius 2 is 1.90 bits per heavy atom. The summed E-state index contributed by atoms with van der Waals surface area (Å²) in [5.74, 6) is -1.50. The number of hydrogen-bond acceptors (Lipinski definition) is 7. The van der Waals surface area contributed by atoms with E-state index in [4.69, 9.17) is 4.42 Å². The summed E-state index contributed by atoms with van der Waals surface area (Å²) in [4.78, 5) is 21.3. The zero-order valence-electron chi connectivity index (χ0n) is 16.6. The number of aryl methyl sites for hydroxylation is 1. The van der Waals surface area contributed by atoms with Gasteiger partial charge in [-0.3, -0.25) is 10.1 Å². The highest BCUT2D eigenvalue weighted by Crippen LogP contribution is 2.25. The van der Waals surface area contributed by atoms with Crippen molar-refractivity contribution in [2.45, 2.75) is 37.6 Å². The smallest absolute Gasteiger partial charge is 0.391 e. The lowest BCUT2D eigenvalue weighted by molar-refractivity contribution is -0.384. The molecule has 1 heterocycles. The van der Waals surface area contributed by atoms with Crippen LogP contribution in [0.15, 0.2) is 50.5 Å². The van der Waals surface area contributed by atoms with Gasteiger partial charge in [0.25, 0.3) is 5.69 Å². The molecule has 0 radical (unpaired) electrons. The number of nitro benzene ring substituents is 1. The maximum atomic E-state index is 14.3. The van der Waals surface area contributed by atoms with Crippen molar-refractivity contribution in [2.24, 2.45) is 0 Å². The maximum Gasteiger partial charge on any atom is 0.434 e. The molecule has 0 aliphatic rings. The fourth-order valence-electron chi connectivity index (χ4n) is 3.06. The highest BCUT2D eigenvalue weighted by atomic mass is 32.2. The Morgan fingerprint density at radius 1 is 1.23 bits per heavy atom. The molecule has 0 amide bonds. The van der Waals surface area contributed by atoms with Crippen LogP contribution in [0.5, 0.6) is 0 Å². The average Bonchev–Trinajstić information content (AvgIpc) is 3.16. The average molecular weight is 450 g/mol. The number of nitrogens with one attached hydrogen (secondary N) is 2. The largest absolute Gasteiger partial charge is 0.434 e. The van der Waals surface area contributed by atoms with Gasteiger partial charge in [0.1, 0.15) is 11.9 Å². The molecule has 2 N–H and O–H groups in total. The molecule has 2 aromatic carbocycles. The van der Waals surface area contributed by atoms with E-state index in [1.165, 1.54) is 6.07 Å². The zero-order valence-corrected chi connectivity index (χ0v) is 17.4. The normalized spacial score (nSPS) is 12.6. The van der Waals surface area contributed by atoms with E-state index in [1.807, 2.05) is 6.92 Å². The first-order chi connectivity index (χ1) is 14.6. The predicted molar refractivity (Wildman–Crippen MR) is 107 cm³/mol. The van der Waals surface area contributed by atoms with Gasteiger partial charge in [0, 0.05) is 12.1 Å². The lowest BCUT2D eigenvalue weighted by Crippen LogP contribution is -2.29. The summed E-state index contributed by atoms with van der Waals surface area (Å²) in [6.45, 7) is 3.60. The van der Waals surface area contributed by atoms with Crippen LogP contribution in [0.4, 0.5) is 10.1 Å². The van der Waals surface area contributed by atoms with Crippen LogP contribution in [0.25, 0.3) is 0 Å². The minimum absolute atomic E-state index is 0.0429. The Kier molecular flexibility index (Phi) is 6.32. The zero-order chi connectivity index (χ0) is 22.8.